The summed E-state index contributed by atoms with van der Waals surface area (Å²) in [4.78, 5) is 13.9. The van der Waals surface area contributed by atoms with Gasteiger partial charge in [0.25, 0.3) is 0 Å². The number of likely N-dealkylation sites (N-methyl/N-ethyl adjacent to an activating group) is 1. The highest BCUT2D eigenvalue weighted by Crippen LogP contribution is 2.28. The Hall–Kier alpha value is -2.03. The Morgan fingerprint density at radius 1 is 1.09 bits per heavy atom. The van der Waals surface area contributed by atoms with Gasteiger partial charge in [0.2, 0.25) is 0 Å². The lowest BCUT2D eigenvalue weighted by atomic mass is 10.0. The van der Waals surface area contributed by atoms with Crippen LogP contribution in [-0.2, 0) is 0 Å². The van der Waals surface area contributed by atoms with Gasteiger partial charge in [-0.05, 0) is 42.8 Å². The van der Waals surface area contributed by atoms with Crippen LogP contribution in [0.15, 0.2) is 42.5 Å². The monoisotopic (exact) mass is 488 g/mol. The quantitative estimate of drug-likeness (QED) is 0.223. The number of carbonyl (C=O) groups is 1. The van der Waals surface area contributed by atoms with Crippen molar-refractivity contribution in [3.05, 3.63) is 53.6 Å². The third-order valence-corrected chi connectivity index (χ3v) is 4.99. The second-order valence-corrected chi connectivity index (χ2v) is 7.76. The molecule has 0 aliphatic carbocycles. The number of carbonyl (C=O) groups excluding carboxylic acids is 1. The van der Waals surface area contributed by atoms with Crippen LogP contribution in [0.3, 0.4) is 0 Å². The largest absolute Gasteiger partial charge is 1.00 e. The molecule has 5 N–H and O–H groups in total. The van der Waals surface area contributed by atoms with Crippen LogP contribution in [0.4, 0.5) is 0 Å². The first kappa shape index (κ1) is 30.0. The fourth-order valence-electron chi connectivity index (χ4n) is 3.05. The van der Waals surface area contributed by atoms with Gasteiger partial charge < -0.3 is 54.7 Å². The summed E-state index contributed by atoms with van der Waals surface area (Å²) in [6.07, 6.45) is -0.332. The average Bonchev–Trinajstić information content (AvgIpc) is 2.73. The summed E-state index contributed by atoms with van der Waals surface area (Å²) >= 11 is 0. The summed E-state index contributed by atoms with van der Waals surface area (Å²) in [6, 6.07) is 11.6. The standard InChI is InChI=1S/C23H32N2O5.2ClH/c1-16(23(28)17-5-8-19(26)9-6-17)24-12-11-20(27)18-7-10-21(22(15-18)29-4)30-14-13-25(2)3;;/h5-10,15-16,23-24,26,28H,11-14H2,1-4H3;2*1H. The zero-order valence-corrected chi connectivity index (χ0v) is 20.5. The number of Topliss-reactive ketones (excluding diaryl/α,β-unsaturated/α-hetero) is 1. The molecule has 0 amide bonds. The normalized spacial score (nSPS) is 12.3. The summed E-state index contributed by atoms with van der Waals surface area (Å²) in [5.74, 6) is 1.36. The molecule has 2 aromatic rings. The molecule has 2 unspecified atom stereocenters. The second-order valence-electron chi connectivity index (χ2n) is 7.76. The highest BCUT2D eigenvalue weighted by molar-refractivity contribution is 5.96. The maximum Gasteiger partial charge on any atom is 0.168 e. The molecule has 0 aliphatic rings. The van der Waals surface area contributed by atoms with Crippen molar-refractivity contribution in [3.63, 3.8) is 0 Å². The lowest BCUT2D eigenvalue weighted by molar-refractivity contribution is -0.858. The summed E-state index contributed by atoms with van der Waals surface area (Å²) in [5.41, 5.74) is 1.32. The molecule has 2 atom stereocenters. The summed E-state index contributed by atoms with van der Waals surface area (Å²) in [7, 11) is 5.68. The minimum atomic E-state index is -0.679. The van der Waals surface area contributed by atoms with Gasteiger partial charge in [0, 0.05) is 5.56 Å². The molecule has 0 bridgehead atoms. The molecule has 0 aliphatic heterocycles. The maximum absolute atomic E-state index is 12.6. The number of aliphatic hydroxyl groups is 1. The number of aliphatic hydroxyl groups excluding tert-OH is 1. The van der Waals surface area contributed by atoms with Crippen molar-refractivity contribution in [2.45, 2.75) is 25.5 Å². The summed E-state index contributed by atoms with van der Waals surface area (Å²) in [6.45, 7) is 3.91. The molecule has 9 heteroatoms. The van der Waals surface area contributed by atoms with Gasteiger partial charge in [-0.25, -0.2) is 0 Å². The third kappa shape index (κ3) is 9.22. The number of hydrogen-bond donors (Lipinski definition) is 4. The summed E-state index contributed by atoms with van der Waals surface area (Å²) < 4.78 is 11.1. The lowest BCUT2D eigenvalue weighted by Gasteiger charge is -2.18. The van der Waals surface area contributed by atoms with E-state index >= 15 is 0 Å². The van der Waals surface area contributed by atoms with Crippen LogP contribution in [0.1, 0.15) is 35.4 Å². The van der Waals surface area contributed by atoms with E-state index in [1.165, 1.54) is 4.90 Å². The van der Waals surface area contributed by atoms with Crippen LogP contribution >= 0.6 is 0 Å². The van der Waals surface area contributed by atoms with E-state index in [4.69, 9.17) is 9.47 Å². The van der Waals surface area contributed by atoms with Gasteiger partial charge in [-0.15, -0.1) is 0 Å². The van der Waals surface area contributed by atoms with E-state index in [9.17, 15) is 15.0 Å². The van der Waals surface area contributed by atoms with Crippen LogP contribution in [0.5, 0.6) is 17.2 Å². The van der Waals surface area contributed by atoms with Crippen LogP contribution < -0.4 is 44.5 Å². The van der Waals surface area contributed by atoms with E-state index in [1.54, 1.807) is 49.6 Å². The maximum atomic E-state index is 12.6. The number of nitrogens with one attached hydrogen (secondary N) is 1. The topological polar surface area (TPSA) is 97.0 Å². The second kappa shape index (κ2) is 14.9. The van der Waals surface area contributed by atoms with E-state index < -0.39 is 6.10 Å². The number of rotatable bonds is 12. The number of benzene rings is 2. The molecule has 0 fully saturated rings. The van der Waals surface area contributed by atoms with Gasteiger partial charge in [-0.1, -0.05) is 12.1 Å². The number of quaternary nitrogens is 2. The number of hydrogen-bond acceptors (Lipinski definition) is 5. The molecular formula is C23H34Cl2N2O5. The average molecular weight is 489 g/mol. The van der Waals surface area contributed by atoms with Crippen molar-refractivity contribution in [1.29, 1.82) is 0 Å². The summed E-state index contributed by atoms with van der Waals surface area (Å²) in [5, 5.41) is 21.8. The number of phenolic OH excluding ortho intramolecular Hbond substituents is 1. The molecule has 2 rings (SSSR count). The number of phenols is 1. The molecule has 0 saturated carbocycles. The van der Waals surface area contributed by atoms with E-state index in [0.717, 1.165) is 12.1 Å². The number of ether oxygens (including phenoxy) is 2. The van der Waals surface area contributed by atoms with Crippen molar-refractivity contribution < 1.29 is 59.5 Å². The Morgan fingerprint density at radius 3 is 2.34 bits per heavy atom. The van der Waals surface area contributed by atoms with Gasteiger partial charge in [0.05, 0.1) is 34.2 Å². The predicted molar refractivity (Wildman–Crippen MR) is 114 cm³/mol. The Morgan fingerprint density at radius 2 is 1.75 bits per heavy atom. The first-order valence-electron chi connectivity index (χ1n) is 10.2. The van der Waals surface area contributed by atoms with E-state index in [-0.39, 0.29) is 42.4 Å². The lowest BCUT2D eigenvalue weighted by Crippen LogP contribution is -3.06. The first-order chi connectivity index (χ1) is 14.3. The van der Waals surface area contributed by atoms with Crippen molar-refractivity contribution in [3.8, 4) is 17.2 Å². The van der Waals surface area contributed by atoms with Crippen LogP contribution in [0.2, 0.25) is 0 Å². The molecule has 180 valence electrons. The van der Waals surface area contributed by atoms with Gasteiger partial charge in [-0.2, -0.15) is 0 Å². The van der Waals surface area contributed by atoms with Crippen molar-refractivity contribution >= 4 is 5.78 Å². The molecular weight excluding hydrogens is 455 g/mol. The minimum Gasteiger partial charge on any atom is -1.00 e. The molecule has 0 radical (unpaired) electrons. The Labute approximate surface area is 202 Å². The Bertz CT molecular complexity index is 819. The highest BCUT2D eigenvalue weighted by Gasteiger charge is 2.20. The van der Waals surface area contributed by atoms with E-state index in [2.05, 4.69) is 14.1 Å². The number of ketones is 1. The number of methoxy groups -OCH3 is 1. The van der Waals surface area contributed by atoms with Crippen molar-refractivity contribution in [2.24, 2.45) is 0 Å². The fraction of sp³-hybridized carbons (Fsp3) is 0.435. The molecule has 0 aromatic heterocycles. The Balaban J connectivity index is 0.00000480. The molecule has 2 aromatic carbocycles. The molecule has 0 saturated heterocycles. The Kier molecular flexibility index (Phi) is 14.0. The first-order valence-corrected chi connectivity index (χ1v) is 10.2. The van der Waals surface area contributed by atoms with E-state index in [1.807, 2.05) is 12.2 Å². The van der Waals surface area contributed by atoms with E-state index in [0.29, 0.717) is 36.6 Å². The molecule has 7 nitrogen and oxygen atoms in total. The van der Waals surface area contributed by atoms with Gasteiger partial charge >= 0.3 is 0 Å². The zero-order valence-electron chi connectivity index (χ0n) is 19.0. The van der Waals surface area contributed by atoms with Crippen LogP contribution in [-0.4, -0.2) is 62.9 Å². The predicted octanol–water partition coefficient (Wildman–Crippen LogP) is -5.81. The molecule has 0 heterocycles. The molecule has 32 heavy (non-hydrogen) atoms. The number of halogens is 2. The minimum absolute atomic E-state index is 0. The SMILES string of the molecule is COc1cc(C(=O)CC[NH2+]C(C)C(O)c2ccc(O)cc2)ccc1OCC[NH+](C)C.[Cl-].[Cl-]. The van der Waals surface area contributed by atoms with Crippen molar-refractivity contribution in [2.75, 3.05) is 40.9 Å². The number of nitrogens with two attached hydrogens (primary N) is 1. The van der Waals surface area contributed by atoms with Crippen LogP contribution in [0.25, 0.3) is 0 Å². The van der Waals surface area contributed by atoms with Gasteiger partial charge in [-0.3, -0.25) is 4.79 Å². The zero-order chi connectivity index (χ0) is 22.1. The van der Waals surface area contributed by atoms with Crippen molar-refractivity contribution in [1.82, 2.24) is 0 Å². The van der Waals surface area contributed by atoms with Crippen LogP contribution in [0, 0.1) is 0 Å². The third-order valence-electron chi connectivity index (χ3n) is 4.99. The highest BCUT2D eigenvalue weighted by atomic mass is 35.5. The van der Waals surface area contributed by atoms with Gasteiger partial charge in [0.1, 0.15) is 31.0 Å². The number of aromatic hydroxyl groups is 1. The fourth-order valence-corrected chi connectivity index (χ4v) is 3.05. The molecule has 0 spiro atoms. The smallest absolute Gasteiger partial charge is 0.168 e. The van der Waals surface area contributed by atoms with Gasteiger partial charge in [0.15, 0.2) is 17.3 Å².